The Balaban J connectivity index is 1.78. The molecule has 33 heavy (non-hydrogen) atoms. The molecule has 4 aromatic rings. The van der Waals surface area contributed by atoms with Crippen LogP contribution < -0.4 is 27.9 Å². The van der Waals surface area contributed by atoms with Gasteiger partial charge >= 0.3 is 11.4 Å². The topological polar surface area (TPSA) is 161 Å². The van der Waals surface area contributed by atoms with E-state index in [1.807, 2.05) is 0 Å². The second kappa shape index (κ2) is 7.94. The SMILES string of the molecule is Cn1c(=O)c2c(nc(NN=Cc3c(O)n(-c4ccccc4Cl)c(=O)[nH]c3=O)n2C)n(C)c1=O. The van der Waals surface area contributed by atoms with Crippen molar-refractivity contribution in [1.82, 2.24) is 28.2 Å². The first-order valence-electron chi connectivity index (χ1n) is 9.38. The predicted octanol–water partition coefficient (Wildman–Crippen LogP) is -0.385. The third-order valence-corrected chi connectivity index (χ3v) is 5.37. The monoisotopic (exact) mass is 472 g/mol. The standard InChI is InChI=1S/C19H17ClN8O5/c1-25-12-13(26(2)19(33)27(3)16(12)31)22-17(25)24-21-8-9-14(29)23-18(32)28(15(9)30)11-7-5-4-6-10(11)20/h4-8,30H,1-3H3,(H,22,24)(H,23,29,32). The normalized spacial score (nSPS) is 11.5. The van der Waals surface area contributed by atoms with Gasteiger partial charge < -0.3 is 9.67 Å². The molecule has 14 heteroatoms. The zero-order chi connectivity index (χ0) is 24.0. The molecule has 170 valence electrons. The van der Waals surface area contributed by atoms with Crippen molar-refractivity contribution in [2.24, 2.45) is 26.2 Å². The van der Waals surface area contributed by atoms with Crippen LogP contribution in [0.15, 0.2) is 48.5 Å². The molecule has 0 aliphatic heterocycles. The van der Waals surface area contributed by atoms with Gasteiger partial charge in [-0.1, -0.05) is 23.7 Å². The number of H-pyrrole nitrogens is 1. The van der Waals surface area contributed by atoms with Crippen molar-refractivity contribution < 1.29 is 5.11 Å². The fraction of sp³-hybridized carbons (Fsp3) is 0.158. The van der Waals surface area contributed by atoms with E-state index in [4.69, 9.17) is 11.6 Å². The molecular weight excluding hydrogens is 456 g/mol. The van der Waals surface area contributed by atoms with E-state index < -0.39 is 28.4 Å². The summed E-state index contributed by atoms with van der Waals surface area (Å²) in [5.74, 6) is -0.585. The van der Waals surface area contributed by atoms with Crippen LogP contribution in [-0.4, -0.2) is 39.6 Å². The quantitative estimate of drug-likeness (QED) is 0.269. The van der Waals surface area contributed by atoms with E-state index in [1.54, 1.807) is 19.2 Å². The van der Waals surface area contributed by atoms with Gasteiger partial charge in [-0.05, 0) is 12.1 Å². The van der Waals surface area contributed by atoms with Crippen molar-refractivity contribution in [2.45, 2.75) is 0 Å². The van der Waals surface area contributed by atoms with E-state index in [-0.39, 0.29) is 33.4 Å². The van der Waals surface area contributed by atoms with E-state index in [9.17, 15) is 24.3 Å². The smallest absolute Gasteiger partial charge is 0.335 e. The molecule has 0 aliphatic rings. The minimum atomic E-state index is -0.886. The molecule has 3 N–H and O–H groups in total. The average molecular weight is 473 g/mol. The van der Waals surface area contributed by atoms with E-state index in [0.717, 1.165) is 15.3 Å². The molecule has 0 spiro atoms. The fourth-order valence-electron chi connectivity index (χ4n) is 3.28. The van der Waals surface area contributed by atoms with Crippen LogP contribution in [0.5, 0.6) is 5.88 Å². The molecule has 4 rings (SSSR count). The van der Waals surface area contributed by atoms with Gasteiger partial charge in [0.1, 0.15) is 5.56 Å². The molecular formula is C19H17ClN8O5. The maximum absolute atomic E-state index is 12.5. The molecule has 3 heterocycles. The Hall–Kier alpha value is -4.39. The van der Waals surface area contributed by atoms with E-state index in [2.05, 4.69) is 20.5 Å². The Bertz CT molecular complexity index is 1690. The molecule has 0 saturated carbocycles. The van der Waals surface area contributed by atoms with Crippen molar-refractivity contribution in [1.29, 1.82) is 0 Å². The summed E-state index contributed by atoms with van der Waals surface area (Å²) < 4.78 is 4.39. The molecule has 13 nitrogen and oxygen atoms in total. The summed E-state index contributed by atoms with van der Waals surface area (Å²) in [5.41, 5.74) is -0.164. The van der Waals surface area contributed by atoms with Crippen molar-refractivity contribution >= 4 is 34.9 Å². The molecule has 0 saturated heterocycles. The van der Waals surface area contributed by atoms with Gasteiger partial charge in [0.2, 0.25) is 11.8 Å². The Kier molecular flexibility index (Phi) is 5.25. The number of benzene rings is 1. The number of aryl methyl sites for hydroxylation is 2. The Morgan fingerprint density at radius 3 is 2.48 bits per heavy atom. The summed E-state index contributed by atoms with van der Waals surface area (Å²) in [6, 6.07) is 6.26. The number of rotatable bonds is 4. The van der Waals surface area contributed by atoms with Gasteiger partial charge in [-0.2, -0.15) is 10.1 Å². The molecule has 3 aromatic heterocycles. The number of imidazole rings is 1. The summed E-state index contributed by atoms with van der Waals surface area (Å²) in [5, 5.41) is 14.7. The molecule has 0 bridgehead atoms. The Morgan fingerprint density at radius 2 is 1.79 bits per heavy atom. The lowest BCUT2D eigenvalue weighted by atomic mass is 10.3. The predicted molar refractivity (Wildman–Crippen MR) is 122 cm³/mol. The maximum atomic E-state index is 12.5. The fourth-order valence-corrected chi connectivity index (χ4v) is 3.50. The van der Waals surface area contributed by atoms with Crippen molar-refractivity contribution in [3.63, 3.8) is 0 Å². The van der Waals surface area contributed by atoms with Crippen molar-refractivity contribution in [2.75, 3.05) is 5.43 Å². The highest BCUT2D eigenvalue weighted by Gasteiger charge is 2.18. The van der Waals surface area contributed by atoms with Crippen LogP contribution in [0, 0.1) is 0 Å². The van der Waals surface area contributed by atoms with Gasteiger partial charge in [0, 0.05) is 21.1 Å². The summed E-state index contributed by atoms with van der Waals surface area (Å²) >= 11 is 6.11. The zero-order valence-electron chi connectivity index (χ0n) is 17.5. The minimum absolute atomic E-state index is 0.0925. The van der Waals surface area contributed by atoms with Gasteiger partial charge in [0.25, 0.3) is 11.1 Å². The van der Waals surface area contributed by atoms with Gasteiger partial charge in [-0.25, -0.2) is 19.6 Å². The number of anilines is 1. The van der Waals surface area contributed by atoms with Crippen LogP contribution in [-0.2, 0) is 21.1 Å². The van der Waals surface area contributed by atoms with Crippen molar-refractivity contribution in [3.8, 4) is 11.6 Å². The second-order valence-electron chi connectivity index (χ2n) is 7.03. The van der Waals surface area contributed by atoms with Crippen LogP contribution in [0.2, 0.25) is 5.02 Å². The largest absolute Gasteiger partial charge is 0.493 e. The number of nitrogens with one attached hydrogen (secondary N) is 2. The third-order valence-electron chi connectivity index (χ3n) is 5.05. The Labute approximate surface area is 188 Å². The number of aromatic hydroxyl groups is 1. The van der Waals surface area contributed by atoms with Crippen molar-refractivity contribution in [3.05, 3.63) is 76.5 Å². The minimum Gasteiger partial charge on any atom is -0.493 e. The first-order chi connectivity index (χ1) is 15.6. The second-order valence-corrected chi connectivity index (χ2v) is 7.43. The summed E-state index contributed by atoms with van der Waals surface area (Å²) in [6.45, 7) is 0. The summed E-state index contributed by atoms with van der Waals surface area (Å²) in [4.78, 5) is 55.4. The van der Waals surface area contributed by atoms with Crippen LogP contribution >= 0.6 is 11.6 Å². The number of halogens is 1. The summed E-state index contributed by atoms with van der Waals surface area (Å²) in [6.07, 6.45) is 0.984. The average Bonchev–Trinajstić information content (AvgIpc) is 3.10. The van der Waals surface area contributed by atoms with Crippen LogP contribution in [0.4, 0.5) is 5.95 Å². The molecule has 0 atom stereocenters. The van der Waals surface area contributed by atoms with E-state index in [1.165, 1.54) is 35.4 Å². The molecule has 0 unspecified atom stereocenters. The highest BCUT2D eigenvalue weighted by molar-refractivity contribution is 6.32. The van der Waals surface area contributed by atoms with Crippen LogP contribution in [0.25, 0.3) is 16.9 Å². The van der Waals surface area contributed by atoms with Gasteiger partial charge in [-0.3, -0.25) is 23.7 Å². The Morgan fingerprint density at radius 1 is 1.09 bits per heavy atom. The lowest BCUT2D eigenvalue weighted by molar-refractivity contribution is 0.430. The number of nitrogens with zero attached hydrogens (tertiary/aromatic N) is 6. The molecule has 0 amide bonds. The maximum Gasteiger partial charge on any atom is 0.335 e. The molecule has 0 aliphatic carbocycles. The van der Waals surface area contributed by atoms with Gasteiger partial charge in [0.05, 0.1) is 16.9 Å². The summed E-state index contributed by atoms with van der Waals surface area (Å²) in [7, 11) is 4.37. The van der Waals surface area contributed by atoms with E-state index >= 15 is 0 Å². The number of aromatic amines is 1. The van der Waals surface area contributed by atoms with Gasteiger partial charge in [0.15, 0.2) is 11.2 Å². The van der Waals surface area contributed by atoms with E-state index in [0.29, 0.717) is 0 Å². The third kappa shape index (κ3) is 3.43. The number of hydrogen-bond acceptors (Lipinski definition) is 8. The molecule has 1 aromatic carbocycles. The highest BCUT2D eigenvalue weighted by atomic mass is 35.5. The van der Waals surface area contributed by atoms with Crippen LogP contribution in [0.1, 0.15) is 5.56 Å². The first kappa shape index (κ1) is 21.8. The molecule has 0 radical (unpaired) electrons. The zero-order valence-corrected chi connectivity index (χ0v) is 18.3. The lowest BCUT2D eigenvalue weighted by Crippen LogP contribution is -2.37. The number of para-hydroxylation sites is 1. The molecule has 0 fully saturated rings. The van der Waals surface area contributed by atoms with Gasteiger partial charge in [-0.15, -0.1) is 0 Å². The number of aromatic nitrogens is 6. The number of hydrazone groups is 1. The number of fused-ring (bicyclic) bond motifs is 1. The lowest BCUT2D eigenvalue weighted by Gasteiger charge is -2.10. The first-order valence-corrected chi connectivity index (χ1v) is 9.76. The van der Waals surface area contributed by atoms with Crippen LogP contribution in [0.3, 0.4) is 0 Å². The number of hydrogen-bond donors (Lipinski definition) is 3. The highest BCUT2D eigenvalue weighted by Crippen LogP contribution is 2.22.